The average Bonchev–Trinajstić information content (AvgIpc) is 1.90. The maximum Gasteiger partial charge on any atom is 0.101 e. The second-order valence-corrected chi connectivity index (χ2v) is 1.91. The smallest absolute Gasteiger partial charge is 0.101 e. The first-order valence-electron chi connectivity index (χ1n) is 3.09. The van der Waals surface area contributed by atoms with Crippen LogP contribution in [0.1, 0.15) is 13.3 Å². The Morgan fingerprint density at radius 2 is 2.33 bits per heavy atom. The lowest BCUT2D eigenvalue weighted by molar-refractivity contribution is 0.0156. The first-order chi connectivity index (χ1) is 4.26. The van der Waals surface area contributed by atoms with E-state index in [1.807, 2.05) is 6.92 Å². The van der Waals surface area contributed by atoms with Crippen molar-refractivity contribution in [1.29, 1.82) is 0 Å². The van der Waals surface area contributed by atoms with E-state index in [-0.39, 0.29) is 6.10 Å². The van der Waals surface area contributed by atoms with Crippen molar-refractivity contribution in [3.05, 3.63) is 12.7 Å². The predicted octanol–water partition coefficient (Wildman–Crippen LogP) is 0.958. The molecule has 1 N–H and O–H groups in total. The van der Waals surface area contributed by atoms with Gasteiger partial charge in [0, 0.05) is 7.11 Å². The topological polar surface area (TPSA) is 29.5 Å². The number of aliphatic hydroxyl groups is 1. The number of ether oxygens (including phenoxy) is 1. The van der Waals surface area contributed by atoms with E-state index in [0.717, 1.165) is 0 Å². The standard InChI is InChI=1S/C7H14O2/c1-4-6(8)7(5-2)9-3/h5-8H,2,4H2,1,3H3/t6-,7-/m1/s1. The molecule has 0 bridgehead atoms. The van der Waals surface area contributed by atoms with Crippen molar-refractivity contribution in [3.63, 3.8) is 0 Å². The molecule has 0 aromatic heterocycles. The molecular weight excluding hydrogens is 116 g/mol. The van der Waals surface area contributed by atoms with Gasteiger partial charge in [-0.3, -0.25) is 0 Å². The van der Waals surface area contributed by atoms with Gasteiger partial charge in [-0.25, -0.2) is 0 Å². The molecule has 2 heteroatoms. The van der Waals surface area contributed by atoms with Crippen LogP contribution in [-0.4, -0.2) is 24.4 Å². The van der Waals surface area contributed by atoms with Crippen LogP contribution in [0.25, 0.3) is 0 Å². The number of rotatable bonds is 4. The zero-order chi connectivity index (χ0) is 7.28. The highest BCUT2D eigenvalue weighted by Gasteiger charge is 2.11. The lowest BCUT2D eigenvalue weighted by atomic mass is 10.1. The van der Waals surface area contributed by atoms with Crippen LogP contribution in [-0.2, 0) is 4.74 Å². The fourth-order valence-corrected chi connectivity index (χ4v) is 0.643. The van der Waals surface area contributed by atoms with Gasteiger partial charge in [0.05, 0.1) is 6.10 Å². The van der Waals surface area contributed by atoms with Crippen LogP contribution in [0.2, 0.25) is 0 Å². The molecule has 0 heterocycles. The summed E-state index contributed by atoms with van der Waals surface area (Å²) < 4.78 is 4.88. The summed E-state index contributed by atoms with van der Waals surface area (Å²) in [6, 6.07) is 0. The molecule has 2 atom stereocenters. The number of hydrogen-bond donors (Lipinski definition) is 1. The Hall–Kier alpha value is -0.340. The lowest BCUT2D eigenvalue weighted by Crippen LogP contribution is -2.24. The quantitative estimate of drug-likeness (QED) is 0.574. The van der Waals surface area contributed by atoms with E-state index in [1.54, 1.807) is 13.2 Å². The van der Waals surface area contributed by atoms with Gasteiger partial charge in [0.25, 0.3) is 0 Å². The molecule has 9 heavy (non-hydrogen) atoms. The lowest BCUT2D eigenvalue weighted by Gasteiger charge is -2.15. The summed E-state index contributed by atoms with van der Waals surface area (Å²) in [4.78, 5) is 0. The molecule has 0 aliphatic carbocycles. The Balaban J connectivity index is 3.63. The summed E-state index contributed by atoms with van der Waals surface area (Å²) in [5.41, 5.74) is 0. The van der Waals surface area contributed by atoms with Crippen molar-refractivity contribution < 1.29 is 9.84 Å². The minimum atomic E-state index is -0.410. The van der Waals surface area contributed by atoms with Crippen LogP contribution in [0.15, 0.2) is 12.7 Å². The van der Waals surface area contributed by atoms with Crippen LogP contribution in [0.3, 0.4) is 0 Å². The summed E-state index contributed by atoms with van der Waals surface area (Å²) in [6.45, 7) is 5.42. The summed E-state index contributed by atoms with van der Waals surface area (Å²) >= 11 is 0. The molecule has 0 aliphatic heterocycles. The van der Waals surface area contributed by atoms with E-state index in [0.29, 0.717) is 6.42 Å². The van der Waals surface area contributed by atoms with Gasteiger partial charge in [0.1, 0.15) is 6.10 Å². The average molecular weight is 130 g/mol. The monoisotopic (exact) mass is 130 g/mol. The summed E-state index contributed by atoms with van der Waals surface area (Å²) in [5, 5.41) is 9.12. The van der Waals surface area contributed by atoms with Crippen LogP contribution in [0.5, 0.6) is 0 Å². The number of hydrogen-bond acceptors (Lipinski definition) is 2. The van der Waals surface area contributed by atoms with Crippen molar-refractivity contribution >= 4 is 0 Å². The largest absolute Gasteiger partial charge is 0.390 e. The maximum absolute atomic E-state index is 9.12. The third kappa shape index (κ3) is 2.63. The van der Waals surface area contributed by atoms with Crippen LogP contribution < -0.4 is 0 Å². The molecule has 0 aromatic carbocycles. The number of aliphatic hydroxyl groups excluding tert-OH is 1. The van der Waals surface area contributed by atoms with Gasteiger partial charge >= 0.3 is 0 Å². The van der Waals surface area contributed by atoms with Crippen LogP contribution in [0, 0.1) is 0 Å². The van der Waals surface area contributed by atoms with Crippen molar-refractivity contribution in [3.8, 4) is 0 Å². The molecule has 54 valence electrons. The van der Waals surface area contributed by atoms with Gasteiger partial charge in [-0.15, -0.1) is 6.58 Å². The predicted molar refractivity (Wildman–Crippen MR) is 37.3 cm³/mol. The Morgan fingerprint density at radius 1 is 1.78 bits per heavy atom. The van der Waals surface area contributed by atoms with Crippen molar-refractivity contribution in [1.82, 2.24) is 0 Å². The van der Waals surface area contributed by atoms with E-state index in [4.69, 9.17) is 9.84 Å². The third-order valence-electron chi connectivity index (χ3n) is 1.30. The van der Waals surface area contributed by atoms with Gasteiger partial charge in [0.2, 0.25) is 0 Å². The van der Waals surface area contributed by atoms with Crippen LogP contribution in [0.4, 0.5) is 0 Å². The van der Waals surface area contributed by atoms with E-state index in [2.05, 4.69) is 6.58 Å². The fourth-order valence-electron chi connectivity index (χ4n) is 0.643. The molecule has 0 rings (SSSR count). The Labute approximate surface area is 56.1 Å². The van der Waals surface area contributed by atoms with Gasteiger partial charge in [-0.1, -0.05) is 13.0 Å². The van der Waals surface area contributed by atoms with E-state index in [1.165, 1.54) is 0 Å². The molecule has 0 radical (unpaired) electrons. The molecule has 0 saturated carbocycles. The highest BCUT2D eigenvalue weighted by molar-refractivity contribution is 4.84. The molecule has 2 nitrogen and oxygen atoms in total. The van der Waals surface area contributed by atoms with Gasteiger partial charge in [-0.05, 0) is 6.42 Å². The maximum atomic E-state index is 9.12. The third-order valence-corrected chi connectivity index (χ3v) is 1.30. The van der Waals surface area contributed by atoms with E-state index < -0.39 is 6.10 Å². The molecular formula is C7H14O2. The first kappa shape index (κ1) is 8.66. The van der Waals surface area contributed by atoms with E-state index >= 15 is 0 Å². The Kier molecular flexibility index (Phi) is 4.36. The highest BCUT2D eigenvalue weighted by atomic mass is 16.5. The van der Waals surface area contributed by atoms with Crippen molar-refractivity contribution in [2.24, 2.45) is 0 Å². The van der Waals surface area contributed by atoms with Crippen LogP contribution >= 0.6 is 0 Å². The Bertz CT molecular complexity index is 81.0. The molecule has 0 amide bonds. The molecule has 0 saturated heterocycles. The van der Waals surface area contributed by atoms with Crippen molar-refractivity contribution in [2.45, 2.75) is 25.6 Å². The molecule has 0 aromatic rings. The summed E-state index contributed by atoms with van der Waals surface area (Å²) in [6.07, 6.45) is 1.68. The second-order valence-electron chi connectivity index (χ2n) is 1.91. The van der Waals surface area contributed by atoms with Gasteiger partial charge < -0.3 is 9.84 Å². The molecule has 0 aliphatic rings. The molecule has 0 spiro atoms. The minimum Gasteiger partial charge on any atom is -0.390 e. The molecule has 0 unspecified atom stereocenters. The van der Waals surface area contributed by atoms with Gasteiger partial charge in [-0.2, -0.15) is 0 Å². The summed E-state index contributed by atoms with van der Waals surface area (Å²) in [5.74, 6) is 0. The van der Waals surface area contributed by atoms with Crippen molar-refractivity contribution in [2.75, 3.05) is 7.11 Å². The Morgan fingerprint density at radius 3 is 2.44 bits per heavy atom. The highest BCUT2D eigenvalue weighted by Crippen LogP contribution is 2.02. The SMILES string of the molecule is C=C[C@@H](OC)[C@H](O)CC. The number of methoxy groups -OCH3 is 1. The first-order valence-corrected chi connectivity index (χ1v) is 3.09. The van der Waals surface area contributed by atoms with Gasteiger partial charge in [0.15, 0.2) is 0 Å². The normalized spacial score (nSPS) is 16.8. The zero-order valence-electron chi connectivity index (χ0n) is 6.00. The minimum absolute atomic E-state index is 0.213. The second kappa shape index (κ2) is 4.53. The molecule has 0 fully saturated rings. The zero-order valence-corrected chi connectivity index (χ0v) is 6.00. The summed E-state index contributed by atoms with van der Waals surface area (Å²) in [7, 11) is 1.56. The fraction of sp³-hybridized carbons (Fsp3) is 0.714. The van der Waals surface area contributed by atoms with E-state index in [9.17, 15) is 0 Å².